The minimum absolute atomic E-state index is 0.117. The van der Waals surface area contributed by atoms with Gasteiger partial charge in [-0.05, 0) is 42.0 Å². The van der Waals surface area contributed by atoms with Gasteiger partial charge in [-0.2, -0.15) is 0 Å². The van der Waals surface area contributed by atoms with Crippen LogP contribution in [0.25, 0.3) is 0 Å². The normalized spacial score (nSPS) is 18.1. The number of carbonyl (C=O) groups excluding carboxylic acids is 1. The summed E-state index contributed by atoms with van der Waals surface area (Å²) in [6, 6.07) is 10.4. The van der Waals surface area contributed by atoms with Crippen LogP contribution in [0, 0.1) is 15.9 Å². The number of anilines is 1. The second-order valence-electron chi connectivity index (χ2n) is 6.14. The van der Waals surface area contributed by atoms with Crippen molar-refractivity contribution >= 4 is 29.0 Å². The molecule has 0 saturated heterocycles. The van der Waals surface area contributed by atoms with Gasteiger partial charge in [0, 0.05) is 24.2 Å². The highest BCUT2D eigenvalue weighted by atomic mass is 19.1. The van der Waals surface area contributed by atoms with Crippen molar-refractivity contribution in [2.24, 2.45) is 5.16 Å². The third kappa shape index (κ3) is 3.95. The smallest absolute Gasteiger partial charge is 0.308 e. The summed E-state index contributed by atoms with van der Waals surface area (Å²) in [5.74, 6) is -2.50. The van der Waals surface area contributed by atoms with Gasteiger partial charge in [0.2, 0.25) is 5.60 Å². The van der Waals surface area contributed by atoms with Crippen LogP contribution >= 0.6 is 0 Å². The number of carbonyl (C=O) groups is 2. The largest absolute Gasteiger partial charge is 0.481 e. The summed E-state index contributed by atoms with van der Waals surface area (Å²) in [6.07, 6.45) is -0.801. The molecule has 144 valence electrons. The molecule has 2 aromatic rings. The fourth-order valence-corrected chi connectivity index (χ4v) is 2.73. The van der Waals surface area contributed by atoms with E-state index in [1.54, 1.807) is 0 Å². The molecule has 0 unspecified atom stereocenters. The summed E-state index contributed by atoms with van der Waals surface area (Å²) in [6.45, 7) is 0. The van der Waals surface area contributed by atoms with E-state index in [4.69, 9.17) is 4.84 Å². The molecule has 3 rings (SSSR count). The van der Waals surface area contributed by atoms with Crippen LogP contribution < -0.4 is 5.32 Å². The Morgan fingerprint density at radius 3 is 2.43 bits per heavy atom. The standard InChI is InChI=1S/C18H14FN3O6/c19-12-3-5-13(6-4-12)20-17(25)18(10-16(23)24)9-15(21-28-18)11-1-7-14(8-2-11)22(26)27/h1-8H,9-10H2,(H,20,25)(H,23,24)/t18-/m0/s1. The van der Waals surface area contributed by atoms with E-state index in [0.717, 1.165) is 12.1 Å². The van der Waals surface area contributed by atoms with E-state index in [2.05, 4.69) is 10.5 Å². The van der Waals surface area contributed by atoms with Crippen LogP contribution in [0.5, 0.6) is 0 Å². The van der Waals surface area contributed by atoms with Crippen LogP contribution in [0.1, 0.15) is 18.4 Å². The molecule has 2 aromatic carbocycles. The van der Waals surface area contributed by atoms with Crippen molar-refractivity contribution in [1.82, 2.24) is 0 Å². The Morgan fingerprint density at radius 2 is 1.86 bits per heavy atom. The lowest BCUT2D eigenvalue weighted by atomic mass is 9.90. The number of halogens is 1. The Bertz CT molecular complexity index is 958. The maximum Gasteiger partial charge on any atom is 0.308 e. The van der Waals surface area contributed by atoms with E-state index in [1.165, 1.54) is 36.4 Å². The molecule has 1 heterocycles. The number of aliphatic carboxylic acids is 1. The van der Waals surface area contributed by atoms with E-state index < -0.39 is 34.6 Å². The van der Waals surface area contributed by atoms with Gasteiger partial charge in [0.1, 0.15) is 5.82 Å². The number of carboxylic acid groups (broad SMARTS) is 1. The van der Waals surface area contributed by atoms with Gasteiger partial charge in [0.05, 0.1) is 17.1 Å². The Morgan fingerprint density at radius 1 is 1.21 bits per heavy atom. The summed E-state index contributed by atoms with van der Waals surface area (Å²) in [5, 5.41) is 26.3. The molecule has 0 radical (unpaired) electrons. The predicted octanol–water partition coefficient (Wildman–Crippen LogP) is 2.71. The first-order chi connectivity index (χ1) is 13.3. The Labute approximate surface area is 157 Å². The van der Waals surface area contributed by atoms with Gasteiger partial charge in [-0.25, -0.2) is 4.39 Å². The number of nitrogens with zero attached hydrogens (tertiary/aromatic N) is 2. The third-order valence-electron chi connectivity index (χ3n) is 4.15. The summed E-state index contributed by atoms with van der Waals surface area (Å²) < 4.78 is 13.0. The molecule has 0 bridgehead atoms. The number of benzene rings is 2. The quantitative estimate of drug-likeness (QED) is 0.579. The Hall–Kier alpha value is -3.82. The lowest BCUT2D eigenvalue weighted by Gasteiger charge is -2.23. The summed E-state index contributed by atoms with van der Waals surface area (Å²) in [7, 11) is 0. The maximum atomic E-state index is 13.0. The molecule has 28 heavy (non-hydrogen) atoms. The molecule has 0 saturated carbocycles. The monoisotopic (exact) mass is 387 g/mol. The molecule has 0 aromatic heterocycles. The SMILES string of the molecule is O=C(O)C[C@]1(C(=O)Nc2ccc(F)cc2)CC(c2ccc([N+](=O)[O-])cc2)=NO1. The summed E-state index contributed by atoms with van der Waals surface area (Å²) >= 11 is 0. The zero-order chi connectivity index (χ0) is 20.3. The number of amides is 1. The average Bonchev–Trinajstić information content (AvgIpc) is 3.08. The molecular formula is C18H14FN3O6. The van der Waals surface area contributed by atoms with Gasteiger partial charge in [-0.3, -0.25) is 19.7 Å². The number of nitro benzene ring substituents is 1. The molecule has 2 N–H and O–H groups in total. The molecule has 1 aliphatic rings. The Balaban J connectivity index is 1.81. The number of oxime groups is 1. The van der Waals surface area contributed by atoms with Crippen LogP contribution in [0.3, 0.4) is 0 Å². The van der Waals surface area contributed by atoms with Crippen molar-refractivity contribution < 1.29 is 28.8 Å². The minimum atomic E-state index is -1.79. The highest BCUT2D eigenvalue weighted by Crippen LogP contribution is 2.32. The van der Waals surface area contributed by atoms with Crippen LogP contribution in [-0.2, 0) is 14.4 Å². The van der Waals surface area contributed by atoms with Crippen LogP contribution in [0.15, 0.2) is 53.7 Å². The number of rotatable bonds is 6. The maximum absolute atomic E-state index is 13.0. The molecule has 1 aliphatic heterocycles. The van der Waals surface area contributed by atoms with Crippen molar-refractivity contribution in [2.45, 2.75) is 18.4 Å². The fourth-order valence-electron chi connectivity index (χ4n) is 2.73. The number of nitrogens with one attached hydrogen (secondary N) is 1. The van der Waals surface area contributed by atoms with Crippen molar-refractivity contribution in [3.63, 3.8) is 0 Å². The van der Waals surface area contributed by atoms with Gasteiger partial charge < -0.3 is 15.3 Å². The molecule has 1 atom stereocenters. The van der Waals surface area contributed by atoms with E-state index in [0.29, 0.717) is 5.56 Å². The lowest BCUT2D eigenvalue weighted by molar-refractivity contribution is -0.384. The summed E-state index contributed by atoms with van der Waals surface area (Å²) in [4.78, 5) is 39.4. The zero-order valence-electron chi connectivity index (χ0n) is 14.3. The fraction of sp³-hybridized carbons (Fsp3) is 0.167. The van der Waals surface area contributed by atoms with E-state index in [1.807, 2.05) is 0 Å². The third-order valence-corrected chi connectivity index (χ3v) is 4.15. The lowest BCUT2D eigenvalue weighted by Crippen LogP contribution is -2.45. The topological polar surface area (TPSA) is 131 Å². The number of carboxylic acids is 1. The molecule has 0 fully saturated rings. The zero-order valence-corrected chi connectivity index (χ0v) is 14.3. The number of non-ortho nitro benzene ring substituents is 1. The predicted molar refractivity (Wildman–Crippen MR) is 95.3 cm³/mol. The van der Waals surface area contributed by atoms with Gasteiger partial charge in [-0.1, -0.05) is 5.16 Å². The molecular weight excluding hydrogens is 373 g/mol. The first-order valence-electron chi connectivity index (χ1n) is 8.08. The summed E-state index contributed by atoms with van der Waals surface area (Å²) in [5.41, 5.74) is -0.896. The van der Waals surface area contributed by atoms with Gasteiger partial charge in [0.15, 0.2) is 0 Å². The van der Waals surface area contributed by atoms with Gasteiger partial charge in [0.25, 0.3) is 11.6 Å². The number of hydrogen-bond acceptors (Lipinski definition) is 6. The van der Waals surface area contributed by atoms with Crippen LogP contribution in [0.4, 0.5) is 15.8 Å². The van der Waals surface area contributed by atoms with Crippen molar-refractivity contribution in [2.75, 3.05) is 5.32 Å². The average molecular weight is 387 g/mol. The van der Waals surface area contributed by atoms with E-state index in [-0.39, 0.29) is 23.5 Å². The first-order valence-corrected chi connectivity index (χ1v) is 8.08. The molecule has 0 aliphatic carbocycles. The number of nitro groups is 1. The van der Waals surface area contributed by atoms with Crippen molar-refractivity contribution in [3.8, 4) is 0 Å². The number of hydrogen-bond donors (Lipinski definition) is 2. The van der Waals surface area contributed by atoms with E-state index in [9.17, 15) is 29.2 Å². The van der Waals surface area contributed by atoms with E-state index >= 15 is 0 Å². The molecule has 1 amide bonds. The highest BCUT2D eigenvalue weighted by Gasteiger charge is 2.48. The van der Waals surface area contributed by atoms with Crippen LogP contribution in [0.2, 0.25) is 0 Å². The minimum Gasteiger partial charge on any atom is -0.481 e. The van der Waals surface area contributed by atoms with Gasteiger partial charge >= 0.3 is 5.97 Å². The second-order valence-corrected chi connectivity index (χ2v) is 6.14. The molecule has 0 spiro atoms. The Kier molecular flexibility index (Phi) is 5.03. The highest BCUT2D eigenvalue weighted by molar-refractivity contribution is 6.09. The van der Waals surface area contributed by atoms with Crippen LogP contribution in [-0.4, -0.2) is 33.2 Å². The van der Waals surface area contributed by atoms with Crippen molar-refractivity contribution in [3.05, 3.63) is 70.0 Å². The molecule has 9 nitrogen and oxygen atoms in total. The second kappa shape index (κ2) is 7.43. The van der Waals surface area contributed by atoms with Crippen molar-refractivity contribution in [1.29, 1.82) is 0 Å². The molecule has 10 heteroatoms. The van der Waals surface area contributed by atoms with Gasteiger partial charge in [-0.15, -0.1) is 0 Å². The first kappa shape index (κ1) is 19.0.